The molecular weight excluding hydrogens is 230 g/mol. The SMILES string of the molecule is CCCSCC(N)CCCS(=O)(=O)CC. The monoisotopic (exact) mass is 253 g/mol. The van der Waals surface area contributed by atoms with E-state index in [0.717, 1.165) is 17.9 Å². The highest BCUT2D eigenvalue weighted by Gasteiger charge is 2.09. The molecule has 0 aliphatic heterocycles. The molecule has 0 rings (SSSR count). The molecule has 15 heavy (non-hydrogen) atoms. The lowest BCUT2D eigenvalue weighted by molar-refractivity contribution is 0.587. The third-order valence-electron chi connectivity index (χ3n) is 2.15. The molecule has 0 aromatic heterocycles. The molecule has 0 fully saturated rings. The smallest absolute Gasteiger partial charge is 0.150 e. The van der Waals surface area contributed by atoms with Crippen LogP contribution in [-0.4, -0.2) is 37.5 Å². The first-order chi connectivity index (χ1) is 7.02. The molecule has 0 spiro atoms. The predicted molar refractivity (Wildman–Crippen MR) is 69.2 cm³/mol. The van der Waals surface area contributed by atoms with Crippen LogP contribution in [0, 0.1) is 0 Å². The van der Waals surface area contributed by atoms with Crippen LogP contribution in [0.5, 0.6) is 0 Å². The lowest BCUT2D eigenvalue weighted by Gasteiger charge is -2.10. The Morgan fingerprint density at radius 3 is 2.53 bits per heavy atom. The summed E-state index contributed by atoms with van der Waals surface area (Å²) in [5.41, 5.74) is 5.87. The fourth-order valence-electron chi connectivity index (χ4n) is 1.17. The minimum absolute atomic E-state index is 0.147. The van der Waals surface area contributed by atoms with Gasteiger partial charge in [0.15, 0.2) is 0 Å². The number of sulfone groups is 1. The molecule has 0 heterocycles. The van der Waals surface area contributed by atoms with Gasteiger partial charge < -0.3 is 5.73 Å². The summed E-state index contributed by atoms with van der Waals surface area (Å²) in [7, 11) is -2.80. The molecule has 0 radical (unpaired) electrons. The molecule has 0 aliphatic rings. The zero-order valence-electron chi connectivity index (χ0n) is 9.74. The van der Waals surface area contributed by atoms with Gasteiger partial charge in [-0.1, -0.05) is 13.8 Å². The van der Waals surface area contributed by atoms with E-state index in [2.05, 4.69) is 6.92 Å². The molecule has 0 aromatic carbocycles. The van der Waals surface area contributed by atoms with Gasteiger partial charge in [-0.25, -0.2) is 8.42 Å². The van der Waals surface area contributed by atoms with Gasteiger partial charge in [-0.05, 0) is 25.0 Å². The summed E-state index contributed by atoms with van der Waals surface area (Å²) in [6.07, 6.45) is 2.68. The van der Waals surface area contributed by atoms with E-state index >= 15 is 0 Å². The van der Waals surface area contributed by atoms with E-state index in [1.54, 1.807) is 6.92 Å². The van der Waals surface area contributed by atoms with Crippen molar-refractivity contribution in [2.24, 2.45) is 5.73 Å². The molecule has 0 saturated carbocycles. The van der Waals surface area contributed by atoms with Crippen LogP contribution in [-0.2, 0) is 9.84 Å². The number of hydrogen-bond donors (Lipinski definition) is 1. The zero-order valence-corrected chi connectivity index (χ0v) is 11.4. The maximum Gasteiger partial charge on any atom is 0.150 e. The lowest BCUT2D eigenvalue weighted by atomic mass is 10.2. The quantitative estimate of drug-likeness (QED) is 0.635. The normalized spacial score (nSPS) is 14.1. The van der Waals surface area contributed by atoms with Crippen molar-refractivity contribution in [3.05, 3.63) is 0 Å². The average Bonchev–Trinajstić information content (AvgIpc) is 2.18. The summed E-state index contributed by atoms with van der Waals surface area (Å²) < 4.78 is 22.4. The van der Waals surface area contributed by atoms with E-state index < -0.39 is 9.84 Å². The molecule has 0 aliphatic carbocycles. The Labute approximate surface area is 98.1 Å². The Balaban J connectivity index is 3.50. The van der Waals surface area contributed by atoms with Crippen molar-refractivity contribution in [3.63, 3.8) is 0 Å². The van der Waals surface area contributed by atoms with Gasteiger partial charge in [0.1, 0.15) is 9.84 Å². The molecule has 0 saturated heterocycles. The Hall–Kier alpha value is 0.260. The molecule has 0 bridgehead atoms. The summed E-state index contributed by atoms with van der Waals surface area (Å²) in [5, 5.41) is 0. The second-order valence-corrected chi connectivity index (χ2v) is 7.34. The number of rotatable bonds is 9. The van der Waals surface area contributed by atoms with Crippen molar-refractivity contribution >= 4 is 21.6 Å². The van der Waals surface area contributed by atoms with Gasteiger partial charge in [-0.3, -0.25) is 0 Å². The molecule has 2 N–H and O–H groups in total. The van der Waals surface area contributed by atoms with Crippen LogP contribution in [0.15, 0.2) is 0 Å². The van der Waals surface area contributed by atoms with Crippen molar-refractivity contribution in [3.8, 4) is 0 Å². The van der Waals surface area contributed by atoms with Crippen molar-refractivity contribution in [1.82, 2.24) is 0 Å². The standard InChI is InChI=1S/C10H23NO2S2/c1-3-7-14-9-10(11)6-5-8-15(12,13)4-2/h10H,3-9,11H2,1-2H3. The van der Waals surface area contributed by atoms with E-state index in [1.165, 1.54) is 6.42 Å². The summed E-state index contributed by atoms with van der Waals surface area (Å²) in [5.74, 6) is 2.61. The highest BCUT2D eigenvalue weighted by molar-refractivity contribution is 7.99. The van der Waals surface area contributed by atoms with Gasteiger partial charge in [0.2, 0.25) is 0 Å². The molecular formula is C10H23NO2S2. The first kappa shape index (κ1) is 15.3. The van der Waals surface area contributed by atoms with Crippen molar-refractivity contribution in [2.45, 2.75) is 39.2 Å². The third-order valence-corrected chi connectivity index (χ3v) is 5.30. The fourth-order valence-corrected chi connectivity index (χ4v) is 2.99. The predicted octanol–water partition coefficient (Wildman–Crippen LogP) is 1.67. The van der Waals surface area contributed by atoms with Crippen LogP contribution < -0.4 is 5.73 Å². The number of hydrogen-bond acceptors (Lipinski definition) is 4. The minimum atomic E-state index is -2.80. The van der Waals surface area contributed by atoms with E-state index in [1.807, 2.05) is 11.8 Å². The number of nitrogens with two attached hydrogens (primary N) is 1. The Kier molecular flexibility index (Phi) is 8.56. The molecule has 1 unspecified atom stereocenters. The fraction of sp³-hybridized carbons (Fsp3) is 1.00. The average molecular weight is 253 g/mol. The third kappa shape index (κ3) is 9.20. The van der Waals surface area contributed by atoms with Crippen LogP contribution in [0.4, 0.5) is 0 Å². The van der Waals surface area contributed by atoms with Crippen LogP contribution in [0.2, 0.25) is 0 Å². The van der Waals surface area contributed by atoms with Gasteiger partial charge in [0.05, 0.1) is 5.75 Å². The van der Waals surface area contributed by atoms with E-state index in [0.29, 0.717) is 6.42 Å². The number of thioether (sulfide) groups is 1. The molecule has 0 aromatic rings. The van der Waals surface area contributed by atoms with Gasteiger partial charge in [0, 0.05) is 17.5 Å². The largest absolute Gasteiger partial charge is 0.327 e. The van der Waals surface area contributed by atoms with Crippen molar-refractivity contribution in [1.29, 1.82) is 0 Å². The minimum Gasteiger partial charge on any atom is -0.327 e. The molecule has 92 valence electrons. The topological polar surface area (TPSA) is 60.2 Å². The second-order valence-electron chi connectivity index (χ2n) is 3.71. The maximum absolute atomic E-state index is 11.2. The Morgan fingerprint density at radius 2 is 2.00 bits per heavy atom. The molecule has 0 amide bonds. The molecule has 5 heteroatoms. The first-order valence-electron chi connectivity index (χ1n) is 5.55. The Morgan fingerprint density at radius 1 is 1.33 bits per heavy atom. The van der Waals surface area contributed by atoms with Gasteiger partial charge in [-0.15, -0.1) is 0 Å². The summed E-state index contributed by atoms with van der Waals surface area (Å²) in [4.78, 5) is 0. The van der Waals surface area contributed by atoms with Crippen LogP contribution in [0.3, 0.4) is 0 Å². The summed E-state index contributed by atoms with van der Waals surface area (Å²) >= 11 is 1.85. The van der Waals surface area contributed by atoms with Gasteiger partial charge >= 0.3 is 0 Å². The molecule has 3 nitrogen and oxygen atoms in total. The van der Waals surface area contributed by atoms with E-state index in [9.17, 15) is 8.42 Å². The highest BCUT2D eigenvalue weighted by atomic mass is 32.2. The van der Waals surface area contributed by atoms with Crippen LogP contribution in [0.1, 0.15) is 33.1 Å². The van der Waals surface area contributed by atoms with Crippen LogP contribution in [0.25, 0.3) is 0 Å². The Bertz CT molecular complexity index is 240. The maximum atomic E-state index is 11.2. The highest BCUT2D eigenvalue weighted by Crippen LogP contribution is 2.08. The zero-order chi connectivity index (χ0) is 11.7. The van der Waals surface area contributed by atoms with Gasteiger partial charge in [0.25, 0.3) is 0 Å². The van der Waals surface area contributed by atoms with Gasteiger partial charge in [-0.2, -0.15) is 11.8 Å². The second kappa shape index (κ2) is 8.42. The molecule has 1 atom stereocenters. The summed E-state index contributed by atoms with van der Waals surface area (Å²) in [6, 6.07) is 0.147. The van der Waals surface area contributed by atoms with Crippen LogP contribution >= 0.6 is 11.8 Å². The first-order valence-corrected chi connectivity index (χ1v) is 8.53. The van der Waals surface area contributed by atoms with Crippen molar-refractivity contribution in [2.75, 3.05) is 23.0 Å². The van der Waals surface area contributed by atoms with E-state index in [4.69, 9.17) is 5.73 Å². The van der Waals surface area contributed by atoms with E-state index in [-0.39, 0.29) is 17.5 Å². The lowest BCUT2D eigenvalue weighted by Crippen LogP contribution is -2.24. The van der Waals surface area contributed by atoms with Crippen molar-refractivity contribution < 1.29 is 8.42 Å². The summed E-state index contributed by atoms with van der Waals surface area (Å²) in [6.45, 7) is 3.83.